The maximum atomic E-state index is 13.4. The largest absolute Gasteiger partial charge is 0.361 e. The van der Waals surface area contributed by atoms with E-state index in [1.165, 1.54) is 10.9 Å². The number of aromatic amines is 1. The molecule has 6 rings (SSSR count). The van der Waals surface area contributed by atoms with Crippen molar-refractivity contribution in [2.24, 2.45) is 11.8 Å². The predicted octanol–water partition coefficient (Wildman–Crippen LogP) is 3.13. The number of hydrogen-bond acceptors (Lipinski definition) is 3. The number of nitrogens with zero attached hydrogens (tertiary/aromatic N) is 1. The molecule has 4 atom stereocenters. The molecule has 3 aliphatic heterocycles. The first-order chi connectivity index (χ1) is 15.1. The number of anilines is 1. The summed E-state index contributed by atoms with van der Waals surface area (Å²) < 4.78 is 6.22. The van der Waals surface area contributed by atoms with Crippen LogP contribution in [-0.2, 0) is 20.7 Å². The van der Waals surface area contributed by atoms with Gasteiger partial charge in [0, 0.05) is 29.3 Å². The highest BCUT2D eigenvalue weighted by atomic mass is 16.5. The number of carbonyl (C=O) groups excluding carboxylic acids is 2. The molecule has 156 valence electrons. The molecule has 3 aliphatic rings. The van der Waals surface area contributed by atoms with E-state index in [4.69, 9.17) is 4.74 Å². The minimum atomic E-state index is -0.680. The molecule has 31 heavy (non-hydrogen) atoms. The summed E-state index contributed by atoms with van der Waals surface area (Å²) in [6, 6.07) is 17.5. The summed E-state index contributed by atoms with van der Waals surface area (Å²) in [4.78, 5) is 31.6. The Morgan fingerprint density at radius 1 is 1.16 bits per heavy atom. The van der Waals surface area contributed by atoms with Gasteiger partial charge in [-0.05, 0) is 30.2 Å². The minimum Gasteiger partial charge on any atom is -0.361 e. The molecule has 0 saturated carbocycles. The van der Waals surface area contributed by atoms with Gasteiger partial charge >= 0.3 is 0 Å². The monoisotopic (exact) mass is 413 g/mol. The van der Waals surface area contributed by atoms with Crippen LogP contribution >= 0.6 is 0 Å². The molecular formula is C25H23N3O3. The number of nitrogens with one attached hydrogen (secondary N) is 2. The van der Waals surface area contributed by atoms with E-state index in [9.17, 15) is 9.59 Å². The zero-order valence-electron chi connectivity index (χ0n) is 17.0. The van der Waals surface area contributed by atoms with Gasteiger partial charge in [-0.25, -0.2) is 0 Å². The van der Waals surface area contributed by atoms with Gasteiger partial charge in [-0.3, -0.25) is 9.59 Å². The maximum absolute atomic E-state index is 13.4. The second kappa shape index (κ2) is 6.82. The summed E-state index contributed by atoms with van der Waals surface area (Å²) in [6.07, 6.45) is 6.38. The first kappa shape index (κ1) is 18.4. The van der Waals surface area contributed by atoms with Crippen LogP contribution in [0.2, 0.25) is 0 Å². The molecular weight excluding hydrogens is 390 g/mol. The second-order valence-electron chi connectivity index (χ2n) is 8.62. The fourth-order valence-corrected chi connectivity index (χ4v) is 5.41. The van der Waals surface area contributed by atoms with Crippen LogP contribution in [0.1, 0.15) is 5.56 Å². The van der Waals surface area contributed by atoms with E-state index in [0.29, 0.717) is 13.1 Å². The number of likely N-dealkylation sites (tertiary alicyclic amines) is 1. The highest BCUT2D eigenvalue weighted by Crippen LogP contribution is 2.52. The number of carbonyl (C=O) groups is 2. The molecule has 2 fully saturated rings. The zero-order valence-corrected chi connectivity index (χ0v) is 17.0. The molecule has 1 spiro atoms. The van der Waals surface area contributed by atoms with Gasteiger partial charge < -0.3 is 19.9 Å². The van der Waals surface area contributed by atoms with Gasteiger partial charge in [-0.2, -0.15) is 0 Å². The average Bonchev–Trinajstić information content (AvgIpc) is 3.53. The number of ether oxygens (including phenoxy) is 1. The van der Waals surface area contributed by atoms with E-state index in [1.54, 1.807) is 0 Å². The second-order valence-corrected chi connectivity index (χ2v) is 8.62. The summed E-state index contributed by atoms with van der Waals surface area (Å²) >= 11 is 0. The Labute approximate surface area is 179 Å². The van der Waals surface area contributed by atoms with E-state index in [1.807, 2.05) is 65.7 Å². The topological polar surface area (TPSA) is 74.4 Å². The number of rotatable bonds is 5. The number of fused-ring (bicyclic) bond motifs is 2. The highest BCUT2D eigenvalue weighted by Gasteiger charge is 2.66. The Morgan fingerprint density at radius 2 is 1.97 bits per heavy atom. The standard InChI is InChI=1S/C25H23N3O3/c29-23(27-17-6-2-1-3-7-17)21-20-10-12-25(31-20)15-28(24(30)22(21)25)13-11-16-14-26-19-9-5-4-8-18(16)19/h1-10,12,14,20-22,26H,11,13,15H2,(H,27,29)/t20-,21?,22+,25-/m1/s1. The van der Waals surface area contributed by atoms with Crippen molar-refractivity contribution in [3.8, 4) is 0 Å². The molecule has 2 N–H and O–H groups in total. The minimum absolute atomic E-state index is 0.0138. The van der Waals surface area contributed by atoms with Crippen LogP contribution in [0.25, 0.3) is 10.9 Å². The van der Waals surface area contributed by atoms with Crippen molar-refractivity contribution in [1.82, 2.24) is 9.88 Å². The number of para-hydroxylation sites is 2. The molecule has 6 heteroatoms. The molecule has 3 aromatic rings. The van der Waals surface area contributed by atoms with Crippen LogP contribution in [0.15, 0.2) is 72.9 Å². The fraction of sp³-hybridized carbons (Fsp3) is 0.280. The van der Waals surface area contributed by atoms with Gasteiger partial charge in [0.25, 0.3) is 0 Å². The van der Waals surface area contributed by atoms with E-state index in [2.05, 4.69) is 22.4 Å². The molecule has 2 aromatic carbocycles. The van der Waals surface area contributed by atoms with E-state index in [-0.39, 0.29) is 17.9 Å². The number of amides is 2. The molecule has 6 nitrogen and oxygen atoms in total. The normalized spacial score (nSPS) is 28.5. The SMILES string of the molecule is O=C(Nc1ccccc1)C1[C@H]2C(=O)N(CCc3c[nH]c4ccccc34)C[C@]23C=C[C@H]1O3. The summed E-state index contributed by atoms with van der Waals surface area (Å²) in [5.41, 5.74) is 2.34. The van der Waals surface area contributed by atoms with Crippen LogP contribution in [0.5, 0.6) is 0 Å². The molecule has 1 unspecified atom stereocenters. The van der Waals surface area contributed by atoms with Gasteiger partial charge in [0.15, 0.2) is 0 Å². The van der Waals surface area contributed by atoms with Gasteiger partial charge in [-0.15, -0.1) is 0 Å². The number of aromatic nitrogens is 1. The maximum Gasteiger partial charge on any atom is 0.231 e. The molecule has 0 aliphatic carbocycles. The highest BCUT2D eigenvalue weighted by molar-refractivity contribution is 5.99. The number of benzene rings is 2. The lowest BCUT2D eigenvalue weighted by Gasteiger charge is -2.23. The Kier molecular flexibility index (Phi) is 4.05. The Hall–Kier alpha value is -3.38. The zero-order chi connectivity index (χ0) is 21.0. The van der Waals surface area contributed by atoms with Crippen molar-refractivity contribution in [3.63, 3.8) is 0 Å². The summed E-state index contributed by atoms with van der Waals surface area (Å²) in [5.74, 6) is -1.11. The number of hydrogen-bond donors (Lipinski definition) is 2. The first-order valence-electron chi connectivity index (χ1n) is 10.7. The predicted molar refractivity (Wildman–Crippen MR) is 117 cm³/mol. The molecule has 1 aromatic heterocycles. The first-order valence-corrected chi connectivity index (χ1v) is 10.7. The lowest BCUT2D eigenvalue weighted by atomic mass is 9.77. The van der Waals surface area contributed by atoms with Crippen LogP contribution in [0.3, 0.4) is 0 Å². The fourth-order valence-electron chi connectivity index (χ4n) is 5.41. The van der Waals surface area contributed by atoms with Crippen molar-refractivity contribution in [2.75, 3.05) is 18.4 Å². The third-order valence-electron chi connectivity index (χ3n) is 6.85. The third-order valence-corrected chi connectivity index (χ3v) is 6.85. The van der Waals surface area contributed by atoms with Crippen LogP contribution in [0.4, 0.5) is 5.69 Å². The van der Waals surface area contributed by atoms with Crippen molar-refractivity contribution in [3.05, 3.63) is 78.5 Å². The smallest absolute Gasteiger partial charge is 0.231 e. The summed E-state index contributed by atoms with van der Waals surface area (Å²) in [6.45, 7) is 1.11. The third kappa shape index (κ3) is 2.82. The molecule has 2 saturated heterocycles. The summed E-state index contributed by atoms with van der Waals surface area (Å²) in [5, 5.41) is 4.15. The van der Waals surface area contributed by atoms with Gasteiger partial charge in [0.05, 0.1) is 24.5 Å². The van der Waals surface area contributed by atoms with Crippen LogP contribution in [0, 0.1) is 11.8 Å². The van der Waals surface area contributed by atoms with Gasteiger partial charge in [-0.1, -0.05) is 48.6 Å². The lowest BCUT2D eigenvalue weighted by Crippen LogP contribution is -2.41. The average molecular weight is 413 g/mol. The van der Waals surface area contributed by atoms with E-state index < -0.39 is 17.4 Å². The Balaban J connectivity index is 1.21. The van der Waals surface area contributed by atoms with Crippen molar-refractivity contribution in [2.45, 2.75) is 18.1 Å². The van der Waals surface area contributed by atoms with Crippen molar-refractivity contribution >= 4 is 28.4 Å². The molecule has 2 bridgehead atoms. The van der Waals surface area contributed by atoms with Crippen LogP contribution < -0.4 is 5.32 Å². The summed E-state index contributed by atoms with van der Waals surface area (Å²) in [7, 11) is 0. The lowest BCUT2D eigenvalue weighted by molar-refractivity contribution is -0.135. The Bertz CT molecular complexity index is 1200. The van der Waals surface area contributed by atoms with E-state index >= 15 is 0 Å². The van der Waals surface area contributed by atoms with Gasteiger partial charge in [0.2, 0.25) is 11.8 Å². The molecule has 4 heterocycles. The van der Waals surface area contributed by atoms with Crippen LogP contribution in [-0.4, -0.2) is 46.5 Å². The Morgan fingerprint density at radius 3 is 2.84 bits per heavy atom. The quantitative estimate of drug-likeness (QED) is 0.631. The molecule has 0 radical (unpaired) electrons. The van der Waals surface area contributed by atoms with Gasteiger partial charge in [0.1, 0.15) is 5.60 Å². The van der Waals surface area contributed by atoms with E-state index in [0.717, 1.165) is 17.6 Å². The van der Waals surface area contributed by atoms with Crippen molar-refractivity contribution < 1.29 is 14.3 Å². The molecule has 2 amide bonds. The number of H-pyrrole nitrogens is 1. The van der Waals surface area contributed by atoms with Crippen molar-refractivity contribution in [1.29, 1.82) is 0 Å².